The second-order valence-corrected chi connectivity index (χ2v) is 26.7. The van der Waals surface area contributed by atoms with Gasteiger partial charge in [-0.2, -0.15) is 0 Å². The van der Waals surface area contributed by atoms with Gasteiger partial charge in [-0.05, 0) is 73.8 Å². The molecular formula is C58H83NO17. The Labute approximate surface area is 446 Å². The third-order valence-corrected chi connectivity index (χ3v) is 21.4. The van der Waals surface area contributed by atoms with Gasteiger partial charge in [0.05, 0.1) is 116 Å². The summed E-state index contributed by atoms with van der Waals surface area (Å²) in [6.45, 7) is 18.2. The molecule has 0 aromatic rings. The number of ether oxygens (including phenoxy) is 15. The third kappa shape index (κ3) is 8.56. The van der Waals surface area contributed by atoms with E-state index in [2.05, 4.69) is 40.9 Å². The molecule has 3 N–H and O–H groups in total. The Morgan fingerprint density at radius 2 is 1.17 bits per heavy atom. The number of carbonyl (C=O) groups is 1. The van der Waals surface area contributed by atoms with Crippen LogP contribution in [-0.4, -0.2) is 181 Å². The first kappa shape index (κ1) is 51.2. The second kappa shape index (κ2) is 18.9. The first-order valence-electron chi connectivity index (χ1n) is 29.8. The first-order valence-corrected chi connectivity index (χ1v) is 29.8. The molecule has 16 rings (SSSR count). The van der Waals surface area contributed by atoms with E-state index >= 15 is 0 Å². The van der Waals surface area contributed by atoms with Crippen LogP contribution in [0.25, 0.3) is 0 Å². The first-order chi connectivity index (χ1) is 36.6. The number of esters is 1. The van der Waals surface area contributed by atoms with Crippen LogP contribution in [0, 0.1) is 23.7 Å². The van der Waals surface area contributed by atoms with Crippen molar-refractivity contribution in [3.05, 3.63) is 24.3 Å². The molecule has 3 spiro atoms. The summed E-state index contributed by atoms with van der Waals surface area (Å²) in [5.74, 6) is -2.57. The van der Waals surface area contributed by atoms with Crippen LogP contribution in [-0.2, 0) is 75.8 Å². The molecule has 1 unspecified atom stereocenters. The quantitative estimate of drug-likeness (QED) is 0.258. The summed E-state index contributed by atoms with van der Waals surface area (Å²) < 4.78 is 103. The van der Waals surface area contributed by atoms with Crippen LogP contribution >= 0.6 is 0 Å². The number of aliphatic hydroxyl groups excluding tert-OH is 1. The molecule has 0 saturated carbocycles. The number of fused-ring (bicyclic) bond motifs is 10. The normalized spacial score (nSPS) is 59.3. The molecule has 16 fully saturated rings. The molecular weight excluding hydrogens is 983 g/mol. The maximum atomic E-state index is 14.6. The van der Waals surface area contributed by atoms with Crippen LogP contribution < -0.4 is 5.73 Å². The summed E-state index contributed by atoms with van der Waals surface area (Å²) in [5, 5.41) is 10.9. The average Bonchev–Trinajstić information content (AvgIpc) is 4.36. The van der Waals surface area contributed by atoms with Gasteiger partial charge in [-0.1, -0.05) is 40.9 Å². The smallest absolute Gasteiger partial charge is 0.308 e. The van der Waals surface area contributed by atoms with Crippen molar-refractivity contribution >= 4 is 5.97 Å². The molecule has 0 amide bonds. The highest BCUT2D eigenvalue weighted by Gasteiger charge is 2.70. The lowest BCUT2D eigenvalue weighted by Gasteiger charge is -2.54. The molecule has 422 valence electrons. The van der Waals surface area contributed by atoms with Crippen molar-refractivity contribution in [3.8, 4) is 0 Å². The Kier molecular flexibility index (Phi) is 12.8. The minimum atomic E-state index is -0.897. The van der Waals surface area contributed by atoms with E-state index in [1.807, 2.05) is 0 Å². The fourth-order valence-corrected chi connectivity index (χ4v) is 17.8. The van der Waals surface area contributed by atoms with Crippen molar-refractivity contribution < 1.29 is 81.0 Å². The van der Waals surface area contributed by atoms with Gasteiger partial charge in [0, 0.05) is 70.3 Å². The fourth-order valence-electron chi connectivity index (χ4n) is 17.8. The average molecular weight is 1070 g/mol. The lowest BCUT2D eigenvalue weighted by Crippen LogP contribution is -2.63. The molecule has 0 radical (unpaired) electrons. The van der Waals surface area contributed by atoms with Gasteiger partial charge in [-0.3, -0.25) is 4.79 Å². The van der Waals surface area contributed by atoms with Crippen molar-refractivity contribution in [2.45, 2.75) is 301 Å². The summed E-state index contributed by atoms with van der Waals surface area (Å²) in [7, 11) is 0. The SMILES string of the molecule is C=C1C[C@@H]2CC[C@@]34C[C@H]5O[C@H]6[C@@H](O3)[C@H]3O[C@H](CC[C@@H]3O[C@H]6C5O4)CC(=O)O[C@@H]3[C@@H](C)[C@@H]4O[C@@H]5C[C@]6(C[C@@H]7O[C@]8(C[C@H](C)[C@@H]9O[C@H](CN)[C@H](O)C[C@@H]9O8)C[C@H](C)[C@@H]7O6)O[C@@H]5C[C@@H]4O[C@H]3C[C@H]3O[C@@H](CC[C@@H]1O2)C[C@@H](C)C3=C. The topological polar surface area (TPSA) is 202 Å². The molecule has 76 heavy (non-hydrogen) atoms. The zero-order valence-electron chi connectivity index (χ0n) is 44.9. The summed E-state index contributed by atoms with van der Waals surface area (Å²) in [6.07, 6.45) is 4.05. The molecule has 18 nitrogen and oxygen atoms in total. The minimum Gasteiger partial charge on any atom is -0.459 e. The van der Waals surface area contributed by atoms with Crippen LogP contribution in [0.4, 0.5) is 0 Å². The Morgan fingerprint density at radius 3 is 2.03 bits per heavy atom. The van der Waals surface area contributed by atoms with E-state index in [1.165, 1.54) is 0 Å². The molecule has 16 saturated heterocycles. The standard InChI is InChI=1S/C58H83NO17/c1-25-13-31-7-9-35-26(2)14-33(62-35)11-12-56-22-43-52(75-56)53-54(68-43)55(76-56)51-36(66-53)10-8-32(64-51)15-46(61)70-50-30(6)49-40(65-39(50)17-37(63-31)29(25)5)18-38-42(67-49)21-58(71-38)23-44-48(74-58)28(4)20-57(73-44)19-27(3)47-41(72-57)16-34(60)45(24-59)69-47/h25,27-28,30-45,47-55,60H,2,5,7-24,59H2,1,3-4,6H3/t25-,27+,28+,30+,31+,32-,33+,34-,35+,36+,37-,38-,39+,40+,41+,42-,43-,44+,45-,47+,48+,49+,50-,51+,52?,53+,54-,55+,56+,57-,58+/m1/s1. The van der Waals surface area contributed by atoms with E-state index in [1.54, 1.807) is 0 Å². The van der Waals surface area contributed by atoms with Crippen molar-refractivity contribution in [2.75, 3.05) is 6.54 Å². The van der Waals surface area contributed by atoms with Crippen molar-refractivity contribution in [1.82, 2.24) is 0 Å². The van der Waals surface area contributed by atoms with Crippen molar-refractivity contribution in [1.29, 1.82) is 0 Å². The van der Waals surface area contributed by atoms with Gasteiger partial charge in [-0.15, -0.1) is 0 Å². The highest BCUT2D eigenvalue weighted by molar-refractivity contribution is 5.70. The molecule has 0 aromatic heterocycles. The number of rotatable bonds is 1. The summed E-state index contributed by atoms with van der Waals surface area (Å²) in [6, 6.07) is 0. The molecule has 0 aromatic carbocycles. The van der Waals surface area contributed by atoms with Crippen LogP contribution in [0.2, 0.25) is 0 Å². The van der Waals surface area contributed by atoms with Crippen molar-refractivity contribution in [2.24, 2.45) is 29.4 Å². The molecule has 0 aliphatic carbocycles. The predicted octanol–water partition coefficient (Wildman–Crippen LogP) is 5.14. The highest BCUT2D eigenvalue weighted by Crippen LogP contribution is 2.57. The maximum absolute atomic E-state index is 14.6. The number of aliphatic hydroxyl groups is 1. The minimum absolute atomic E-state index is 0.00857. The van der Waals surface area contributed by atoms with E-state index in [9.17, 15) is 9.90 Å². The Hall–Kier alpha value is -1.69. The van der Waals surface area contributed by atoms with Crippen molar-refractivity contribution in [3.63, 3.8) is 0 Å². The number of carbonyl (C=O) groups excluding carboxylic acids is 1. The van der Waals surface area contributed by atoms with E-state index in [0.29, 0.717) is 64.2 Å². The largest absolute Gasteiger partial charge is 0.459 e. The Balaban J connectivity index is 0.669. The zero-order chi connectivity index (χ0) is 51.7. The monoisotopic (exact) mass is 1070 g/mol. The number of hydrogen-bond acceptors (Lipinski definition) is 18. The summed E-state index contributed by atoms with van der Waals surface area (Å²) >= 11 is 0. The third-order valence-electron chi connectivity index (χ3n) is 21.4. The van der Waals surface area contributed by atoms with Crippen LogP contribution in [0.3, 0.4) is 0 Å². The van der Waals surface area contributed by atoms with E-state index in [0.717, 1.165) is 49.7 Å². The Morgan fingerprint density at radius 1 is 0.500 bits per heavy atom. The van der Waals surface area contributed by atoms with E-state index < -0.39 is 54.0 Å². The van der Waals surface area contributed by atoms with Gasteiger partial charge < -0.3 is 81.9 Å². The molecule has 16 heterocycles. The molecule has 16 aliphatic heterocycles. The molecule has 12 bridgehead atoms. The van der Waals surface area contributed by atoms with Crippen LogP contribution in [0.1, 0.15) is 137 Å². The molecule has 31 atom stereocenters. The highest BCUT2D eigenvalue weighted by atomic mass is 16.8. The van der Waals surface area contributed by atoms with E-state index in [4.69, 9.17) is 76.8 Å². The zero-order valence-corrected chi connectivity index (χ0v) is 44.9. The van der Waals surface area contributed by atoms with Crippen LogP contribution in [0.15, 0.2) is 24.3 Å². The van der Waals surface area contributed by atoms with Gasteiger partial charge in [0.15, 0.2) is 17.4 Å². The number of nitrogens with two attached hydrogens (primary N) is 1. The second-order valence-electron chi connectivity index (χ2n) is 26.7. The molecule has 18 heteroatoms. The Bertz CT molecular complexity index is 2270. The van der Waals surface area contributed by atoms with Gasteiger partial charge in [0.1, 0.15) is 36.6 Å². The predicted molar refractivity (Wildman–Crippen MR) is 265 cm³/mol. The van der Waals surface area contributed by atoms with Gasteiger partial charge in [-0.25, -0.2) is 0 Å². The number of hydrogen-bond donors (Lipinski definition) is 2. The van der Waals surface area contributed by atoms with Crippen LogP contribution in [0.5, 0.6) is 0 Å². The lowest BCUT2D eigenvalue weighted by molar-refractivity contribution is -0.370. The summed E-state index contributed by atoms with van der Waals surface area (Å²) in [4.78, 5) is 14.6. The summed E-state index contributed by atoms with van der Waals surface area (Å²) in [5.41, 5.74) is 8.12. The maximum Gasteiger partial charge on any atom is 0.308 e. The van der Waals surface area contributed by atoms with Gasteiger partial charge in [0.2, 0.25) is 0 Å². The van der Waals surface area contributed by atoms with Gasteiger partial charge in [0.25, 0.3) is 0 Å². The van der Waals surface area contributed by atoms with E-state index in [-0.39, 0.29) is 152 Å². The molecule has 16 aliphatic rings. The van der Waals surface area contributed by atoms with Gasteiger partial charge >= 0.3 is 5.97 Å². The lowest BCUT2D eigenvalue weighted by atomic mass is 9.78. The fraction of sp³-hybridized carbons (Fsp3) is 0.914.